The van der Waals surface area contributed by atoms with Crippen LogP contribution in [0.4, 0.5) is 11.5 Å². The Kier molecular flexibility index (Phi) is 3.08. The molecule has 7 heteroatoms. The van der Waals surface area contributed by atoms with E-state index in [4.69, 9.17) is 9.47 Å². The van der Waals surface area contributed by atoms with Crippen molar-refractivity contribution in [1.29, 1.82) is 0 Å². The number of nitro groups is 1. The summed E-state index contributed by atoms with van der Waals surface area (Å²) >= 11 is 0. The molecular formula is C12H15N3O4. The molecule has 0 unspecified atom stereocenters. The highest BCUT2D eigenvalue weighted by molar-refractivity contribution is 5.47. The zero-order chi connectivity index (χ0) is 13.3. The number of hydrogen-bond acceptors (Lipinski definition) is 6. The van der Waals surface area contributed by atoms with Gasteiger partial charge in [-0.25, -0.2) is 4.98 Å². The number of piperidine rings is 1. The Bertz CT molecular complexity index is 488. The first kappa shape index (κ1) is 12.3. The summed E-state index contributed by atoms with van der Waals surface area (Å²) in [5.41, 5.74) is 0.0536. The van der Waals surface area contributed by atoms with Crippen molar-refractivity contribution in [3.05, 3.63) is 28.4 Å². The lowest BCUT2D eigenvalue weighted by atomic mass is 10.0. The molecule has 0 aromatic carbocycles. The lowest BCUT2D eigenvalue weighted by molar-refractivity contribution is -0.384. The van der Waals surface area contributed by atoms with Gasteiger partial charge in [-0.15, -0.1) is 0 Å². The van der Waals surface area contributed by atoms with Crippen molar-refractivity contribution in [3.63, 3.8) is 0 Å². The number of nitrogens with zero attached hydrogens (tertiary/aromatic N) is 3. The van der Waals surface area contributed by atoms with E-state index in [2.05, 4.69) is 4.98 Å². The van der Waals surface area contributed by atoms with Gasteiger partial charge >= 0.3 is 0 Å². The minimum Gasteiger partial charge on any atom is -0.351 e. The second-order valence-corrected chi connectivity index (χ2v) is 4.76. The van der Waals surface area contributed by atoms with E-state index in [1.807, 2.05) is 4.90 Å². The standard InChI is InChI=1S/C12H15N3O4/c16-15(17)10-2-4-13-11(8-10)14-5-1-3-12(9-14)18-6-7-19-12/h2,4,8H,1,3,5-7,9H2. The molecule has 0 amide bonds. The maximum atomic E-state index is 10.8. The van der Waals surface area contributed by atoms with Gasteiger partial charge in [0.1, 0.15) is 5.82 Å². The quantitative estimate of drug-likeness (QED) is 0.593. The molecule has 0 aliphatic carbocycles. The number of ether oxygens (including phenoxy) is 2. The molecule has 0 radical (unpaired) electrons. The summed E-state index contributed by atoms with van der Waals surface area (Å²) in [4.78, 5) is 16.6. The van der Waals surface area contributed by atoms with E-state index in [0.717, 1.165) is 19.4 Å². The third-order valence-corrected chi connectivity index (χ3v) is 3.49. The summed E-state index contributed by atoms with van der Waals surface area (Å²) in [6.45, 7) is 2.59. The predicted molar refractivity (Wildman–Crippen MR) is 67.0 cm³/mol. The molecular weight excluding hydrogens is 250 g/mol. The smallest absolute Gasteiger partial charge is 0.274 e. The van der Waals surface area contributed by atoms with E-state index in [1.165, 1.54) is 18.3 Å². The fourth-order valence-electron chi connectivity index (χ4n) is 2.61. The number of anilines is 1. The largest absolute Gasteiger partial charge is 0.351 e. The average molecular weight is 265 g/mol. The van der Waals surface area contributed by atoms with Gasteiger partial charge in [-0.1, -0.05) is 0 Å². The predicted octanol–water partition coefficient (Wildman–Crippen LogP) is 1.33. The molecule has 3 heterocycles. The van der Waals surface area contributed by atoms with Crippen LogP contribution in [-0.4, -0.2) is 42.0 Å². The van der Waals surface area contributed by atoms with Crippen molar-refractivity contribution < 1.29 is 14.4 Å². The Labute approximate surface area is 110 Å². The van der Waals surface area contributed by atoms with Crippen LogP contribution in [0.25, 0.3) is 0 Å². The van der Waals surface area contributed by atoms with Crippen molar-refractivity contribution in [3.8, 4) is 0 Å². The van der Waals surface area contributed by atoms with Crippen LogP contribution in [0, 0.1) is 10.1 Å². The summed E-state index contributed by atoms with van der Waals surface area (Å²) in [6, 6.07) is 2.89. The fourth-order valence-corrected chi connectivity index (χ4v) is 2.61. The maximum absolute atomic E-state index is 10.8. The Morgan fingerprint density at radius 1 is 1.42 bits per heavy atom. The van der Waals surface area contributed by atoms with Gasteiger partial charge in [0, 0.05) is 25.2 Å². The normalized spacial score (nSPS) is 21.8. The van der Waals surface area contributed by atoms with Gasteiger partial charge in [-0.05, 0) is 6.42 Å². The molecule has 0 atom stereocenters. The van der Waals surface area contributed by atoms with E-state index in [9.17, 15) is 10.1 Å². The Morgan fingerprint density at radius 3 is 2.95 bits per heavy atom. The molecule has 7 nitrogen and oxygen atoms in total. The second kappa shape index (κ2) is 4.75. The molecule has 1 aromatic heterocycles. The van der Waals surface area contributed by atoms with E-state index >= 15 is 0 Å². The number of hydrogen-bond donors (Lipinski definition) is 0. The van der Waals surface area contributed by atoms with Crippen LogP contribution in [0.3, 0.4) is 0 Å². The molecule has 0 N–H and O–H groups in total. The Morgan fingerprint density at radius 2 is 2.21 bits per heavy atom. The zero-order valence-corrected chi connectivity index (χ0v) is 10.4. The van der Waals surface area contributed by atoms with Gasteiger partial charge in [0.25, 0.3) is 5.69 Å². The van der Waals surface area contributed by atoms with Crippen molar-refractivity contribution in [2.45, 2.75) is 18.6 Å². The molecule has 1 spiro atoms. The SMILES string of the molecule is O=[N+]([O-])c1ccnc(N2CCCC3(C2)OCCO3)c1. The molecule has 2 aliphatic heterocycles. The molecule has 102 valence electrons. The van der Waals surface area contributed by atoms with Gasteiger partial charge in [-0.2, -0.15) is 0 Å². The highest BCUT2D eigenvalue weighted by atomic mass is 16.7. The highest BCUT2D eigenvalue weighted by Gasteiger charge is 2.41. The third-order valence-electron chi connectivity index (χ3n) is 3.49. The van der Waals surface area contributed by atoms with E-state index in [1.54, 1.807) is 0 Å². The van der Waals surface area contributed by atoms with E-state index < -0.39 is 10.7 Å². The van der Waals surface area contributed by atoms with Crippen LogP contribution in [0.2, 0.25) is 0 Å². The lowest BCUT2D eigenvalue weighted by Gasteiger charge is -2.39. The van der Waals surface area contributed by atoms with Gasteiger partial charge in [-0.3, -0.25) is 10.1 Å². The van der Waals surface area contributed by atoms with Gasteiger partial charge in [0.05, 0.1) is 30.7 Å². The number of pyridine rings is 1. The van der Waals surface area contributed by atoms with Crippen molar-refractivity contribution in [1.82, 2.24) is 4.98 Å². The molecule has 1 aromatic rings. The summed E-state index contributed by atoms with van der Waals surface area (Å²) in [5.74, 6) is 0.0530. The Hall–Kier alpha value is -1.73. The average Bonchev–Trinajstić information content (AvgIpc) is 2.87. The molecule has 2 aliphatic rings. The maximum Gasteiger partial charge on any atom is 0.274 e. The van der Waals surface area contributed by atoms with Gasteiger partial charge in [0.2, 0.25) is 0 Å². The van der Waals surface area contributed by atoms with Crippen molar-refractivity contribution >= 4 is 11.5 Å². The molecule has 2 fully saturated rings. The monoisotopic (exact) mass is 265 g/mol. The second-order valence-electron chi connectivity index (χ2n) is 4.76. The molecule has 19 heavy (non-hydrogen) atoms. The van der Waals surface area contributed by atoms with Crippen molar-refractivity contribution in [2.24, 2.45) is 0 Å². The lowest BCUT2D eigenvalue weighted by Crippen LogP contribution is -2.49. The minimum atomic E-state index is -0.551. The van der Waals surface area contributed by atoms with Crippen molar-refractivity contribution in [2.75, 3.05) is 31.2 Å². The molecule has 3 rings (SSSR count). The highest BCUT2D eigenvalue weighted by Crippen LogP contribution is 2.32. The number of rotatable bonds is 2. The summed E-state index contributed by atoms with van der Waals surface area (Å²) < 4.78 is 11.4. The topological polar surface area (TPSA) is 77.7 Å². The van der Waals surface area contributed by atoms with E-state index in [-0.39, 0.29) is 5.69 Å². The van der Waals surface area contributed by atoms with E-state index in [0.29, 0.717) is 25.6 Å². The molecule has 0 bridgehead atoms. The number of aromatic nitrogens is 1. The molecule has 0 saturated carbocycles. The van der Waals surface area contributed by atoms with Crippen LogP contribution < -0.4 is 4.90 Å². The molecule has 2 saturated heterocycles. The first-order valence-electron chi connectivity index (χ1n) is 6.32. The minimum absolute atomic E-state index is 0.0536. The summed E-state index contributed by atoms with van der Waals surface area (Å²) in [5, 5.41) is 10.8. The van der Waals surface area contributed by atoms with Gasteiger partial charge in [0.15, 0.2) is 5.79 Å². The van der Waals surface area contributed by atoms with Gasteiger partial charge < -0.3 is 14.4 Å². The first-order chi connectivity index (χ1) is 9.19. The Balaban J connectivity index is 1.81. The summed E-state index contributed by atoms with van der Waals surface area (Å²) in [7, 11) is 0. The zero-order valence-electron chi connectivity index (χ0n) is 10.4. The summed E-state index contributed by atoms with van der Waals surface area (Å²) in [6.07, 6.45) is 3.24. The third kappa shape index (κ3) is 2.39. The fraction of sp³-hybridized carbons (Fsp3) is 0.583. The van der Waals surface area contributed by atoms with Crippen LogP contribution in [-0.2, 0) is 9.47 Å². The van der Waals surface area contributed by atoms with Crippen LogP contribution in [0.1, 0.15) is 12.8 Å². The first-order valence-corrected chi connectivity index (χ1v) is 6.32. The van der Waals surface area contributed by atoms with Crippen LogP contribution >= 0.6 is 0 Å². The van der Waals surface area contributed by atoms with Crippen LogP contribution in [0.15, 0.2) is 18.3 Å². The van der Waals surface area contributed by atoms with Crippen LogP contribution in [0.5, 0.6) is 0 Å².